The van der Waals surface area contributed by atoms with Crippen molar-refractivity contribution in [3.8, 4) is 11.4 Å². The molecule has 4 N–H and O–H groups in total. The quantitative estimate of drug-likeness (QED) is 0.387. The highest BCUT2D eigenvalue weighted by Crippen LogP contribution is 2.27. The van der Waals surface area contributed by atoms with Crippen LogP contribution in [-0.4, -0.2) is 38.9 Å². The summed E-state index contributed by atoms with van der Waals surface area (Å²) in [5.41, 5.74) is 1.62. The van der Waals surface area contributed by atoms with Crippen LogP contribution in [0.3, 0.4) is 0 Å². The molecule has 35 heavy (non-hydrogen) atoms. The second-order valence-electron chi connectivity index (χ2n) is 8.29. The van der Waals surface area contributed by atoms with Gasteiger partial charge in [0.1, 0.15) is 11.5 Å². The number of rotatable bonds is 7. The van der Waals surface area contributed by atoms with Crippen molar-refractivity contribution >= 4 is 29.1 Å². The summed E-state index contributed by atoms with van der Waals surface area (Å²) >= 11 is 0. The van der Waals surface area contributed by atoms with E-state index in [-0.39, 0.29) is 40.8 Å². The molecule has 3 amide bonds. The molecule has 1 aromatic carbocycles. The average Bonchev–Trinajstić information content (AvgIpc) is 3.41. The Bertz CT molecular complexity index is 1240. The minimum absolute atomic E-state index is 0.0182. The van der Waals surface area contributed by atoms with Gasteiger partial charge in [0.05, 0.1) is 17.1 Å². The number of nitrogens with one attached hydrogen (secondary N) is 4. The molecule has 2 atom stereocenters. The van der Waals surface area contributed by atoms with Crippen molar-refractivity contribution in [2.24, 2.45) is 5.92 Å². The minimum atomic E-state index is -0.678. The number of benzene rings is 1. The Morgan fingerprint density at radius 3 is 2.71 bits per heavy atom. The fourth-order valence-corrected chi connectivity index (χ4v) is 4.05. The number of halogens is 1. The zero-order valence-corrected chi connectivity index (χ0v) is 18.9. The van der Waals surface area contributed by atoms with Gasteiger partial charge in [0.25, 0.3) is 5.91 Å². The fraction of sp³-hybridized carbons (Fsp3) is 0.240. The van der Waals surface area contributed by atoms with E-state index in [0.717, 1.165) is 18.9 Å². The van der Waals surface area contributed by atoms with Crippen LogP contribution in [0.25, 0.3) is 11.4 Å². The summed E-state index contributed by atoms with van der Waals surface area (Å²) in [4.78, 5) is 41.2. The molecule has 0 aliphatic heterocycles. The SMILES string of the molecule is C=CC(=O)N[C@@H]1CCCC(C(=O)Nc2ccc(NC(=O)c3cccc(-c4ccn[nH]4)n3)cc2F)C1. The van der Waals surface area contributed by atoms with Gasteiger partial charge < -0.3 is 16.0 Å². The molecule has 0 saturated heterocycles. The summed E-state index contributed by atoms with van der Waals surface area (Å²) in [6.45, 7) is 3.44. The van der Waals surface area contributed by atoms with Gasteiger partial charge in [-0.05, 0) is 61.7 Å². The van der Waals surface area contributed by atoms with E-state index in [1.165, 1.54) is 18.2 Å². The Labute approximate surface area is 201 Å². The predicted octanol–water partition coefficient (Wildman–Crippen LogP) is 3.66. The standard InChI is InChI=1S/C25H25FN6O3/c1-2-23(33)28-16-6-3-5-15(13-16)24(34)31-19-10-9-17(14-18(19)26)29-25(35)22-8-4-7-20(30-22)21-11-12-27-32-21/h2,4,7-12,14-16H,1,3,5-6,13H2,(H,27,32)(H,28,33)(H,29,35)(H,31,34)/t15?,16-/m1/s1. The maximum atomic E-state index is 14.7. The van der Waals surface area contributed by atoms with E-state index in [1.807, 2.05) is 0 Å². The number of amides is 3. The van der Waals surface area contributed by atoms with Gasteiger partial charge in [-0.2, -0.15) is 5.10 Å². The smallest absolute Gasteiger partial charge is 0.274 e. The monoisotopic (exact) mass is 476 g/mol. The number of hydrogen-bond acceptors (Lipinski definition) is 5. The largest absolute Gasteiger partial charge is 0.350 e. The third-order valence-electron chi connectivity index (χ3n) is 5.82. The lowest BCUT2D eigenvalue weighted by atomic mass is 9.85. The summed E-state index contributed by atoms with van der Waals surface area (Å²) < 4.78 is 14.7. The first-order chi connectivity index (χ1) is 16.9. The second-order valence-corrected chi connectivity index (χ2v) is 8.29. The first-order valence-electron chi connectivity index (χ1n) is 11.2. The Hall–Kier alpha value is -4.34. The lowest BCUT2D eigenvalue weighted by molar-refractivity contribution is -0.122. The van der Waals surface area contributed by atoms with Gasteiger partial charge in [0.2, 0.25) is 11.8 Å². The van der Waals surface area contributed by atoms with Gasteiger partial charge in [-0.25, -0.2) is 9.37 Å². The molecule has 4 rings (SSSR count). The maximum absolute atomic E-state index is 14.7. The van der Waals surface area contributed by atoms with Crippen LogP contribution in [0.2, 0.25) is 0 Å². The highest BCUT2D eigenvalue weighted by Gasteiger charge is 2.28. The maximum Gasteiger partial charge on any atom is 0.274 e. The van der Waals surface area contributed by atoms with Crippen LogP contribution in [0.4, 0.5) is 15.8 Å². The molecule has 2 aromatic heterocycles. The van der Waals surface area contributed by atoms with Gasteiger partial charge >= 0.3 is 0 Å². The number of carbonyl (C=O) groups excluding carboxylic acids is 3. The summed E-state index contributed by atoms with van der Waals surface area (Å²) in [7, 11) is 0. The van der Waals surface area contributed by atoms with E-state index in [1.54, 1.807) is 30.5 Å². The number of pyridine rings is 1. The molecule has 1 unspecified atom stereocenters. The summed E-state index contributed by atoms with van der Waals surface area (Å²) in [6, 6.07) is 10.6. The summed E-state index contributed by atoms with van der Waals surface area (Å²) in [5.74, 6) is -2.10. The number of carbonyl (C=O) groups is 3. The normalized spacial score (nSPS) is 17.3. The Kier molecular flexibility index (Phi) is 7.30. The summed E-state index contributed by atoms with van der Waals surface area (Å²) in [6.07, 6.45) is 5.49. The van der Waals surface area contributed by atoms with Crippen LogP contribution < -0.4 is 16.0 Å². The second kappa shape index (κ2) is 10.7. The molecule has 0 bridgehead atoms. The highest BCUT2D eigenvalue weighted by atomic mass is 19.1. The van der Waals surface area contributed by atoms with Crippen LogP contribution in [0.5, 0.6) is 0 Å². The van der Waals surface area contributed by atoms with Crippen molar-refractivity contribution in [2.45, 2.75) is 31.7 Å². The van der Waals surface area contributed by atoms with Gasteiger partial charge in [-0.3, -0.25) is 19.5 Å². The summed E-state index contributed by atoms with van der Waals surface area (Å²) in [5, 5.41) is 14.7. The molecule has 0 radical (unpaired) electrons. The lowest BCUT2D eigenvalue weighted by Gasteiger charge is -2.28. The van der Waals surface area contributed by atoms with Crippen LogP contribution >= 0.6 is 0 Å². The van der Waals surface area contributed by atoms with Crippen molar-refractivity contribution in [3.63, 3.8) is 0 Å². The van der Waals surface area contributed by atoms with Gasteiger partial charge in [-0.1, -0.05) is 19.1 Å². The third kappa shape index (κ3) is 5.97. The number of H-pyrrole nitrogens is 1. The molecule has 10 heteroatoms. The molecule has 180 valence electrons. The van der Waals surface area contributed by atoms with Crippen molar-refractivity contribution < 1.29 is 18.8 Å². The zero-order valence-electron chi connectivity index (χ0n) is 18.9. The molecular formula is C25H25FN6O3. The van der Waals surface area contributed by atoms with E-state index in [2.05, 4.69) is 37.7 Å². The first kappa shape index (κ1) is 23.8. The first-order valence-corrected chi connectivity index (χ1v) is 11.2. The van der Waals surface area contributed by atoms with Crippen LogP contribution in [0.15, 0.2) is 61.3 Å². The molecule has 2 heterocycles. The Balaban J connectivity index is 1.37. The number of hydrogen-bond donors (Lipinski definition) is 4. The van der Waals surface area contributed by atoms with Crippen LogP contribution in [0.1, 0.15) is 36.2 Å². The fourth-order valence-electron chi connectivity index (χ4n) is 4.05. The number of nitrogens with zero attached hydrogens (tertiary/aromatic N) is 2. The molecule has 9 nitrogen and oxygen atoms in total. The van der Waals surface area contributed by atoms with E-state index >= 15 is 0 Å². The molecule has 1 aliphatic carbocycles. The average molecular weight is 477 g/mol. The van der Waals surface area contributed by atoms with E-state index in [0.29, 0.717) is 24.2 Å². The van der Waals surface area contributed by atoms with Crippen molar-refractivity contribution in [1.29, 1.82) is 0 Å². The Morgan fingerprint density at radius 2 is 1.97 bits per heavy atom. The number of aromatic amines is 1. The highest BCUT2D eigenvalue weighted by molar-refractivity contribution is 6.03. The molecule has 3 aromatic rings. The number of anilines is 2. The zero-order chi connectivity index (χ0) is 24.8. The molecule has 1 fully saturated rings. The van der Waals surface area contributed by atoms with Gasteiger partial charge in [0.15, 0.2) is 0 Å². The van der Waals surface area contributed by atoms with E-state index < -0.39 is 11.7 Å². The molecular weight excluding hydrogens is 451 g/mol. The predicted molar refractivity (Wildman–Crippen MR) is 129 cm³/mol. The van der Waals surface area contributed by atoms with Crippen molar-refractivity contribution in [1.82, 2.24) is 20.5 Å². The van der Waals surface area contributed by atoms with Crippen LogP contribution in [-0.2, 0) is 9.59 Å². The van der Waals surface area contributed by atoms with E-state index in [4.69, 9.17) is 0 Å². The van der Waals surface area contributed by atoms with Crippen molar-refractivity contribution in [3.05, 3.63) is 72.8 Å². The minimum Gasteiger partial charge on any atom is -0.350 e. The molecule has 0 spiro atoms. The van der Waals surface area contributed by atoms with Gasteiger partial charge in [0, 0.05) is 23.8 Å². The molecule has 1 saturated carbocycles. The number of aromatic nitrogens is 3. The van der Waals surface area contributed by atoms with E-state index in [9.17, 15) is 18.8 Å². The Morgan fingerprint density at radius 1 is 1.11 bits per heavy atom. The van der Waals surface area contributed by atoms with Crippen LogP contribution in [0, 0.1) is 11.7 Å². The lowest BCUT2D eigenvalue weighted by Crippen LogP contribution is -2.40. The van der Waals surface area contributed by atoms with Gasteiger partial charge in [-0.15, -0.1) is 0 Å². The topological polar surface area (TPSA) is 129 Å². The molecule has 1 aliphatic rings. The third-order valence-corrected chi connectivity index (χ3v) is 5.82. The van der Waals surface area contributed by atoms with Crippen molar-refractivity contribution in [2.75, 3.05) is 10.6 Å².